The third-order valence-electron chi connectivity index (χ3n) is 9.20. The van der Waals surface area contributed by atoms with Crippen LogP contribution >= 0.6 is 0 Å². The van der Waals surface area contributed by atoms with Crippen LogP contribution in [-0.4, -0.2) is 0 Å². The van der Waals surface area contributed by atoms with Crippen LogP contribution in [-0.2, 0) is 6.42 Å². The average Bonchev–Trinajstić information content (AvgIpc) is 3.36. The van der Waals surface area contributed by atoms with Crippen LogP contribution in [0.5, 0.6) is 0 Å². The molecule has 2 heterocycles. The lowest BCUT2D eigenvalue weighted by Gasteiger charge is -2.19. The number of fused-ring (bicyclic) bond motifs is 9. The molecule has 0 aliphatic heterocycles. The molecule has 1 unspecified atom stereocenters. The first-order chi connectivity index (χ1) is 21.2. The van der Waals surface area contributed by atoms with Crippen molar-refractivity contribution in [2.45, 2.75) is 18.8 Å². The van der Waals surface area contributed by atoms with Crippen molar-refractivity contribution in [2.24, 2.45) is 0 Å². The van der Waals surface area contributed by atoms with Crippen molar-refractivity contribution in [3.8, 4) is 22.3 Å². The fourth-order valence-corrected chi connectivity index (χ4v) is 7.14. The van der Waals surface area contributed by atoms with Gasteiger partial charge in [0.25, 0.3) is 0 Å². The van der Waals surface area contributed by atoms with E-state index in [0.717, 1.165) is 56.7 Å². The van der Waals surface area contributed by atoms with Gasteiger partial charge < -0.3 is 8.83 Å². The van der Waals surface area contributed by atoms with Gasteiger partial charge in [0.15, 0.2) is 0 Å². The van der Waals surface area contributed by atoms with Crippen LogP contribution in [0.1, 0.15) is 29.0 Å². The minimum atomic E-state index is -0.277. The summed E-state index contributed by atoms with van der Waals surface area (Å²) < 4.78 is 12.0. The van der Waals surface area contributed by atoms with Crippen molar-refractivity contribution in [3.63, 3.8) is 0 Å². The molecule has 0 amide bonds. The minimum absolute atomic E-state index is 0.232. The Balaban J connectivity index is 1.16. The summed E-state index contributed by atoms with van der Waals surface area (Å²) in [5.74, 6) is 0.232. The number of hydrogen-bond donors (Lipinski definition) is 0. The molecule has 0 bridgehead atoms. The third-order valence-corrected chi connectivity index (χ3v) is 9.20. The number of benzene rings is 6. The molecule has 43 heavy (non-hydrogen) atoms. The Bertz CT molecular complexity index is 2420. The van der Waals surface area contributed by atoms with E-state index in [2.05, 4.69) is 91.0 Å². The van der Waals surface area contributed by atoms with Gasteiger partial charge in [0.05, 0.1) is 5.39 Å². The Kier molecular flexibility index (Phi) is 5.24. The summed E-state index contributed by atoms with van der Waals surface area (Å²) >= 11 is 0. The molecule has 0 N–H and O–H groups in total. The van der Waals surface area contributed by atoms with Crippen LogP contribution in [0.4, 0.5) is 0 Å². The highest BCUT2D eigenvalue weighted by Gasteiger charge is 2.25. The Morgan fingerprint density at radius 2 is 1.21 bits per heavy atom. The van der Waals surface area contributed by atoms with E-state index in [4.69, 9.17) is 8.83 Å². The fraction of sp³-hybridized carbons (Fsp3) is 0.0750. The first-order valence-corrected chi connectivity index (χ1v) is 14.8. The van der Waals surface area contributed by atoms with Crippen LogP contribution in [0.3, 0.4) is 0 Å². The van der Waals surface area contributed by atoms with Gasteiger partial charge in [0.1, 0.15) is 16.7 Å². The minimum Gasteiger partial charge on any atom is -0.455 e. The average molecular weight is 555 g/mol. The highest BCUT2D eigenvalue weighted by molar-refractivity contribution is 6.09. The Morgan fingerprint density at radius 3 is 2.05 bits per heavy atom. The predicted octanol–water partition coefficient (Wildman–Crippen LogP) is 10.3. The van der Waals surface area contributed by atoms with E-state index in [-0.39, 0.29) is 11.5 Å². The van der Waals surface area contributed by atoms with Gasteiger partial charge >= 0.3 is 5.63 Å². The van der Waals surface area contributed by atoms with Crippen molar-refractivity contribution in [1.82, 2.24) is 0 Å². The van der Waals surface area contributed by atoms with Gasteiger partial charge in [0.2, 0.25) is 0 Å². The van der Waals surface area contributed by atoms with E-state index in [1.165, 1.54) is 27.8 Å². The second kappa shape index (κ2) is 9.30. The number of hydrogen-bond acceptors (Lipinski definition) is 3. The van der Waals surface area contributed by atoms with E-state index >= 15 is 0 Å². The van der Waals surface area contributed by atoms with Gasteiger partial charge in [-0.3, -0.25) is 0 Å². The number of para-hydroxylation sites is 3. The molecule has 9 rings (SSSR count). The molecule has 8 aromatic rings. The summed E-state index contributed by atoms with van der Waals surface area (Å²) in [6, 6.07) is 44.4. The highest BCUT2D eigenvalue weighted by Crippen LogP contribution is 2.44. The van der Waals surface area contributed by atoms with Crippen molar-refractivity contribution in [2.75, 3.05) is 0 Å². The summed E-state index contributed by atoms with van der Waals surface area (Å²) in [5.41, 5.74) is 10.7. The molecule has 1 aliphatic rings. The smallest absolute Gasteiger partial charge is 0.344 e. The molecule has 0 saturated carbocycles. The van der Waals surface area contributed by atoms with Gasteiger partial charge in [-0.15, -0.1) is 0 Å². The van der Waals surface area contributed by atoms with Gasteiger partial charge in [-0.2, -0.15) is 0 Å². The summed E-state index contributed by atoms with van der Waals surface area (Å²) in [4.78, 5) is 13.0. The van der Waals surface area contributed by atoms with Gasteiger partial charge in [-0.25, -0.2) is 4.79 Å². The quantitative estimate of drug-likeness (QED) is 0.158. The molecule has 1 aliphatic carbocycles. The lowest BCUT2D eigenvalue weighted by Crippen LogP contribution is -2.02. The van der Waals surface area contributed by atoms with E-state index in [9.17, 15) is 4.79 Å². The SMILES string of the molecule is O=c1oc2ccccc2c2cc3c(cc12)CCC(c1ccc(-c2cccc4c2oc2ccccc24)cc1)c1ccccc1-3. The lowest BCUT2D eigenvalue weighted by atomic mass is 9.85. The Morgan fingerprint density at radius 1 is 0.535 bits per heavy atom. The maximum absolute atomic E-state index is 13.0. The first-order valence-electron chi connectivity index (χ1n) is 14.8. The Hall–Kier alpha value is -5.41. The molecular formula is C40H26O3. The van der Waals surface area contributed by atoms with Crippen molar-refractivity contribution < 1.29 is 8.83 Å². The molecule has 0 saturated heterocycles. The molecule has 3 nitrogen and oxygen atoms in total. The lowest BCUT2D eigenvalue weighted by molar-refractivity contribution is 0.569. The summed E-state index contributed by atoms with van der Waals surface area (Å²) in [6.07, 6.45) is 1.82. The molecule has 3 heteroatoms. The zero-order valence-electron chi connectivity index (χ0n) is 23.3. The van der Waals surface area contributed by atoms with Crippen molar-refractivity contribution >= 4 is 43.7 Å². The normalized spacial score (nSPS) is 14.7. The molecule has 0 radical (unpaired) electrons. The molecule has 1 atom stereocenters. The fourth-order valence-electron chi connectivity index (χ4n) is 7.14. The maximum Gasteiger partial charge on any atom is 0.344 e. The van der Waals surface area contributed by atoms with E-state index < -0.39 is 0 Å². The van der Waals surface area contributed by atoms with E-state index in [1.54, 1.807) is 0 Å². The third kappa shape index (κ3) is 3.71. The van der Waals surface area contributed by atoms with Crippen LogP contribution < -0.4 is 5.63 Å². The molecule has 0 fully saturated rings. The summed E-state index contributed by atoms with van der Waals surface area (Å²) in [7, 11) is 0. The summed E-state index contributed by atoms with van der Waals surface area (Å²) in [5, 5.41) is 4.85. The molecule has 204 valence electrons. The second-order valence-corrected chi connectivity index (χ2v) is 11.5. The standard InChI is InChI=1S/C40H26O3/c41-40-36-22-26-20-21-27(29-8-1-2-9-30(29)34(26)23-35(36)32-11-4-6-15-38(32)43-40)24-16-18-25(19-17-24)28-12-7-13-33-31-10-3-5-14-37(31)42-39(28)33/h1-19,22-23,27H,20-21H2. The monoisotopic (exact) mass is 554 g/mol. The van der Waals surface area contributed by atoms with Crippen molar-refractivity contribution in [3.05, 3.63) is 155 Å². The van der Waals surface area contributed by atoms with E-state index in [1.807, 2.05) is 36.4 Å². The van der Waals surface area contributed by atoms with Crippen molar-refractivity contribution in [1.29, 1.82) is 0 Å². The first kappa shape index (κ1) is 24.2. The Labute approximate surface area is 247 Å². The second-order valence-electron chi connectivity index (χ2n) is 11.5. The number of rotatable bonds is 2. The number of furan rings is 1. The van der Waals surface area contributed by atoms with Crippen LogP contribution in [0, 0.1) is 0 Å². The van der Waals surface area contributed by atoms with Gasteiger partial charge in [-0.05, 0) is 70.5 Å². The van der Waals surface area contributed by atoms with Crippen LogP contribution in [0.15, 0.2) is 141 Å². The zero-order chi connectivity index (χ0) is 28.5. The summed E-state index contributed by atoms with van der Waals surface area (Å²) in [6.45, 7) is 0. The molecule has 2 aromatic heterocycles. The number of aryl methyl sites for hydroxylation is 1. The van der Waals surface area contributed by atoms with E-state index in [0.29, 0.717) is 11.0 Å². The topological polar surface area (TPSA) is 43.4 Å². The van der Waals surface area contributed by atoms with Gasteiger partial charge in [-0.1, -0.05) is 103 Å². The van der Waals surface area contributed by atoms with Gasteiger partial charge in [0, 0.05) is 33.0 Å². The van der Waals surface area contributed by atoms with Crippen LogP contribution in [0.2, 0.25) is 0 Å². The largest absolute Gasteiger partial charge is 0.455 e. The highest BCUT2D eigenvalue weighted by atomic mass is 16.4. The molecular weight excluding hydrogens is 528 g/mol. The van der Waals surface area contributed by atoms with Crippen LogP contribution in [0.25, 0.3) is 65.9 Å². The molecule has 6 aromatic carbocycles. The zero-order valence-corrected chi connectivity index (χ0v) is 23.3. The maximum atomic E-state index is 13.0. The molecule has 0 spiro atoms. The predicted molar refractivity (Wildman–Crippen MR) is 175 cm³/mol.